The number of halogens is 1. The van der Waals surface area contributed by atoms with Crippen LogP contribution in [0.5, 0.6) is 0 Å². The molecule has 2 rings (SSSR count). The predicted molar refractivity (Wildman–Crippen MR) is 78.3 cm³/mol. The maximum absolute atomic E-state index is 10.1. The summed E-state index contributed by atoms with van der Waals surface area (Å²) in [5.74, 6) is 0.628. The molecule has 0 heterocycles. The van der Waals surface area contributed by atoms with E-state index in [9.17, 15) is 5.11 Å². The maximum atomic E-state index is 10.1. The molecule has 1 N–H and O–H groups in total. The summed E-state index contributed by atoms with van der Waals surface area (Å²) in [6.07, 6.45) is -0.491. The van der Waals surface area contributed by atoms with E-state index in [0.29, 0.717) is 10.8 Å². The van der Waals surface area contributed by atoms with Crippen LogP contribution in [-0.2, 0) is 0 Å². The summed E-state index contributed by atoms with van der Waals surface area (Å²) in [4.78, 5) is 1.17. The maximum Gasteiger partial charge on any atom is 0.0884 e. The lowest BCUT2D eigenvalue weighted by Crippen LogP contribution is -2.00. The molecule has 0 bridgehead atoms. The Kier molecular flexibility index (Phi) is 4.70. The van der Waals surface area contributed by atoms with Gasteiger partial charge >= 0.3 is 0 Å². The number of aliphatic hydroxyl groups is 1. The van der Waals surface area contributed by atoms with Crippen molar-refractivity contribution < 1.29 is 5.11 Å². The van der Waals surface area contributed by atoms with E-state index in [1.54, 1.807) is 11.8 Å². The van der Waals surface area contributed by atoms with Crippen LogP contribution in [0.4, 0.5) is 0 Å². The van der Waals surface area contributed by atoms with Crippen molar-refractivity contribution in [3.63, 3.8) is 0 Å². The van der Waals surface area contributed by atoms with E-state index in [0.717, 1.165) is 5.56 Å². The lowest BCUT2D eigenvalue weighted by atomic mass is 10.1. The Morgan fingerprint density at radius 3 is 2.56 bits per heavy atom. The number of benzene rings is 2. The van der Waals surface area contributed by atoms with Gasteiger partial charge in [0.05, 0.1) is 6.10 Å². The summed E-state index contributed by atoms with van der Waals surface area (Å²) in [5.41, 5.74) is 2.11. The third-order valence-corrected chi connectivity index (χ3v) is 3.99. The van der Waals surface area contributed by atoms with Crippen molar-refractivity contribution in [2.45, 2.75) is 17.9 Å². The van der Waals surface area contributed by atoms with Gasteiger partial charge in [0.15, 0.2) is 0 Å². The van der Waals surface area contributed by atoms with Gasteiger partial charge in [0.1, 0.15) is 0 Å². The molecule has 0 fully saturated rings. The number of hydrogen-bond acceptors (Lipinski definition) is 2. The Labute approximate surface area is 117 Å². The van der Waals surface area contributed by atoms with Gasteiger partial charge in [-0.15, -0.1) is 11.8 Å². The molecular weight excluding hydrogens is 264 g/mol. The minimum atomic E-state index is -0.491. The summed E-state index contributed by atoms with van der Waals surface area (Å²) in [7, 11) is 0. The minimum absolute atomic E-state index is 0.491. The zero-order chi connectivity index (χ0) is 13.0. The van der Waals surface area contributed by atoms with Gasteiger partial charge in [-0.3, -0.25) is 0 Å². The number of thioether (sulfide) groups is 1. The molecule has 0 aliphatic carbocycles. The molecule has 0 saturated heterocycles. The molecule has 0 amide bonds. The summed E-state index contributed by atoms with van der Waals surface area (Å²) in [5, 5.41) is 10.7. The minimum Gasteiger partial charge on any atom is -0.388 e. The third-order valence-electron chi connectivity index (χ3n) is 2.66. The SMILES string of the molecule is Cc1ccc(SC[C@@H](O)c2cccc(Cl)c2)cc1. The average molecular weight is 279 g/mol. The van der Waals surface area contributed by atoms with Crippen molar-refractivity contribution in [2.24, 2.45) is 0 Å². The molecule has 1 nitrogen and oxygen atoms in total. The fourth-order valence-corrected chi connectivity index (χ4v) is 2.69. The summed E-state index contributed by atoms with van der Waals surface area (Å²) in [6.45, 7) is 2.06. The third kappa shape index (κ3) is 3.77. The molecule has 3 heteroatoms. The lowest BCUT2D eigenvalue weighted by Gasteiger charge is -2.11. The largest absolute Gasteiger partial charge is 0.388 e. The molecule has 18 heavy (non-hydrogen) atoms. The first-order chi connectivity index (χ1) is 8.65. The first-order valence-corrected chi connectivity index (χ1v) is 7.14. The van der Waals surface area contributed by atoms with Gasteiger partial charge in [-0.05, 0) is 36.8 Å². The molecule has 2 aromatic carbocycles. The van der Waals surface area contributed by atoms with Gasteiger partial charge in [-0.1, -0.05) is 41.4 Å². The monoisotopic (exact) mass is 278 g/mol. The highest BCUT2D eigenvalue weighted by Gasteiger charge is 2.08. The Hall–Kier alpha value is -0.960. The van der Waals surface area contributed by atoms with E-state index < -0.39 is 6.10 Å². The van der Waals surface area contributed by atoms with E-state index in [2.05, 4.69) is 31.2 Å². The number of aryl methyl sites for hydroxylation is 1. The molecule has 94 valence electrons. The fourth-order valence-electron chi connectivity index (χ4n) is 1.62. The molecule has 0 aliphatic rings. The Bertz CT molecular complexity index is 510. The second-order valence-corrected chi connectivity index (χ2v) is 5.72. The first-order valence-electron chi connectivity index (χ1n) is 5.78. The van der Waals surface area contributed by atoms with Crippen molar-refractivity contribution in [3.05, 3.63) is 64.7 Å². The zero-order valence-electron chi connectivity index (χ0n) is 10.1. The van der Waals surface area contributed by atoms with Crippen LogP contribution in [0.1, 0.15) is 17.2 Å². The Morgan fingerprint density at radius 2 is 1.89 bits per heavy atom. The topological polar surface area (TPSA) is 20.2 Å². The molecule has 0 unspecified atom stereocenters. The normalized spacial score (nSPS) is 12.4. The molecule has 0 aromatic heterocycles. The molecule has 2 aromatic rings. The smallest absolute Gasteiger partial charge is 0.0884 e. The van der Waals surface area contributed by atoms with Gasteiger partial charge in [0.25, 0.3) is 0 Å². The van der Waals surface area contributed by atoms with Crippen molar-refractivity contribution in [1.29, 1.82) is 0 Å². The lowest BCUT2D eigenvalue weighted by molar-refractivity contribution is 0.204. The van der Waals surface area contributed by atoms with Gasteiger partial charge in [-0.25, -0.2) is 0 Å². The fraction of sp³-hybridized carbons (Fsp3) is 0.200. The van der Waals surface area contributed by atoms with Crippen LogP contribution in [0.2, 0.25) is 5.02 Å². The van der Waals surface area contributed by atoms with E-state index in [-0.39, 0.29) is 0 Å². The standard InChI is InChI=1S/C15H15ClOS/c1-11-5-7-14(8-6-11)18-10-15(17)12-3-2-4-13(16)9-12/h2-9,15,17H,10H2,1H3/t15-/m1/s1. The van der Waals surface area contributed by atoms with E-state index in [1.807, 2.05) is 24.3 Å². The predicted octanol–water partition coefficient (Wildman–Crippen LogP) is 4.47. The highest BCUT2D eigenvalue weighted by molar-refractivity contribution is 7.99. The van der Waals surface area contributed by atoms with Gasteiger partial charge in [-0.2, -0.15) is 0 Å². The number of hydrogen-bond donors (Lipinski definition) is 1. The van der Waals surface area contributed by atoms with Gasteiger partial charge in [0, 0.05) is 15.7 Å². The van der Waals surface area contributed by atoms with Crippen LogP contribution < -0.4 is 0 Å². The first kappa shape index (κ1) is 13.5. The van der Waals surface area contributed by atoms with Crippen LogP contribution in [-0.4, -0.2) is 10.9 Å². The van der Waals surface area contributed by atoms with Gasteiger partial charge in [0.2, 0.25) is 0 Å². The average Bonchev–Trinajstić information content (AvgIpc) is 2.38. The van der Waals surface area contributed by atoms with E-state index in [1.165, 1.54) is 10.5 Å². The summed E-state index contributed by atoms with van der Waals surface area (Å²) >= 11 is 7.55. The Morgan fingerprint density at radius 1 is 1.17 bits per heavy atom. The number of aliphatic hydroxyl groups excluding tert-OH is 1. The van der Waals surface area contributed by atoms with Crippen molar-refractivity contribution in [2.75, 3.05) is 5.75 Å². The van der Waals surface area contributed by atoms with E-state index >= 15 is 0 Å². The zero-order valence-corrected chi connectivity index (χ0v) is 11.7. The highest BCUT2D eigenvalue weighted by Crippen LogP contribution is 2.26. The van der Waals surface area contributed by atoms with Crippen molar-refractivity contribution in [1.82, 2.24) is 0 Å². The number of rotatable bonds is 4. The van der Waals surface area contributed by atoms with Crippen LogP contribution in [0.25, 0.3) is 0 Å². The van der Waals surface area contributed by atoms with Crippen molar-refractivity contribution >= 4 is 23.4 Å². The quantitative estimate of drug-likeness (QED) is 0.833. The second kappa shape index (κ2) is 6.28. The van der Waals surface area contributed by atoms with Crippen LogP contribution in [0, 0.1) is 6.92 Å². The molecular formula is C15H15ClOS. The molecule has 0 spiro atoms. The summed E-state index contributed by atoms with van der Waals surface area (Å²) < 4.78 is 0. The van der Waals surface area contributed by atoms with Crippen LogP contribution in [0.15, 0.2) is 53.4 Å². The van der Waals surface area contributed by atoms with Crippen molar-refractivity contribution in [3.8, 4) is 0 Å². The van der Waals surface area contributed by atoms with Crippen LogP contribution >= 0.6 is 23.4 Å². The second-order valence-electron chi connectivity index (χ2n) is 4.19. The molecule has 0 saturated carbocycles. The molecule has 1 atom stereocenters. The highest BCUT2D eigenvalue weighted by atomic mass is 35.5. The summed E-state index contributed by atoms with van der Waals surface area (Å²) in [6, 6.07) is 15.7. The molecule has 0 aliphatic heterocycles. The van der Waals surface area contributed by atoms with Crippen LogP contribution in [0.3, 0.4) is 0 Å². The van der Waals surface area contributed by atoms with E-state index in [4.69, 9.17) is 11.6 Å². The Balaban J connectivity index is 1.96. The molecule has 0 radical (unpaired) electrons. The van der Waals surface area contributed by atoms with Gasteiger partial charge < -0.3 is 5.11 Å².